The highest BCUT2D eigenvalue weighted by molar-refractivity contribution is 5.84. The Labute approximate surface area is 139 Å². The number of halogens is 2. The first-order valence-corrected chi connectivity index (χ1v) is 8.42. The molecule has 1 aromatic heterocycles. The first kappa shape index (κ1) is 15.3. The van der Waals surface area contributed by atoms with Gasteiger partial charge in [0.25, 0.3) is 0 Å². The number of aromatic amines is 1. The van der Waals surface area contributed by atoms with Gasteiger partial charge < -0.3 is 10.3 Å². The van der Waals surface area contributed by atoms with Gasteiger partial charge in [0.05, 0.1) is 0 Å². The van der Waals surface area contributed by atoms with E-state index in [0.29, 0.717) is 11.8 Å². The number of fused-ring (bicyclic) bond motifs is 1. The minimum atomic E-state index is -0.186. The van der Waals surface area contributed by atoms with E-state index in [4.69, 9.17) is 0 Å². The monoisotopic (exact) mass is 326 g/mol. The fraction of sp³-hybridized carbons (Fsp3) is 0.300. The van der Waals surface area contributed by atoms with Gasteiger partial charge in [0.1, 0.15) is 11.6 Å². The highest BCUT2D eigenvalue weighted by Gasteiger charge is 2.39. The summed E-state index contributed by atoms with van der Waals surface area (Å²) in [6, 6.07) is 11.7. The summed E-state index contributed by atoms with van der Waals surface area (Å²) >= 11 is 0. The summed E-state index contributed by atoms with van der Waals surface area (Å²) in [6.45, 7) is 1.79. The molecule has 1 aliphatic carbocycles. The zero-order valence-electron chi connectivity index (χ0n) is 13.4. The zero-order valence-corrected chi connectivity index (χ0v) is 13.4. The van der Waals surface area contributed by atoms with Crippen molar-refractivity contribution in [3.05, 3.63) is 71.4 Å². The number of hydrogen-bond acceptors (Lipinski definition) is 1. The molecule has 124 valence electrons. The van der Waals surface area contributed by atoms with E-state index in [1.54, 1.807) is 24.3 Å². The molecule has 1 aliphatic rings. The Balaban J connectivity index is 1.30. The van der Waals surface area contributed by atoms with Crippen LogP contribution < -0.4 is 5.32 Å². The van der Waals surface area contributed by atoms with Gasteiger partial charge in [0.15, 0.2) is 0 Å². The maximum atomic E-state index is 13.5. The summed E-state index contributed by atoms with van der Waals surface area (Å²) in [4.78, 5) is 3.23. The molecule has 2 nitrogen and oxygen atoms in total. The number of hydrogen-bond donors (Lipinski definition) is 2. The third-order valence-corrected chi connectivity index (χ3v) is 4.88. The second-order valence-electron chi connectivity index (χ2n) is 6.62. The number of aromatic nitrogens is 1. The first-order chi connectivity index (χ1) is 11.7. The molecule has 2 unspecified atom stereocenters. The Morgan fingerprint density at radius 3 is 2.83 bits per heavy atom. The van der Waals surface area contributed by atoms with Gasteiger partial charge >= 0.3 is 0 Å². The lowest BCUT2D eigenvalue weighted by molar-refractivity contribution is 0.614. The van der Waals surface area contributed by atoms with E-state index < -0.39 is 0 Å². The molecule has 0 bridgehead atoms. The van der Waals surface area contributed by atoms with E-state index in [1.807, 2.05) is 12.3 Å². The Kier molecular flexibility index (Phi) is 4.07. The van der Waals surface area contributed by atoms with Crippen LogP contribution in [-0.2, 0) is 6.42 Å². The molecule has 1 fully saturated rings. The van der Waals surface area contributed by atoms with Gasteiger partial charge in [0.2, 0.25) is 0 Å². The van der Waals surface area contributed by atoms with E-state index in [0.717, 1.165) is 42.4 Å². The van der Waals surface area contributed by atoms with Crippen LogP contribution in [0.4, 0.5) is 8.78 Å². The molecule has 4 heteroatoms. The second kappa shape index (κ2) is 6.36. The van der Waals surface area contributed by atoms with Crippen molar-refractivity contribution in [3.8, 4) is 0 Å². The largest absolute Gasteiger partial charge is 0.361 e. The van der Waals surface area contributed by atoms with E-state index in [-0.39, 0.29) is 11.6 Å². The van der Waals surface area contributed by atoms with Gasteiger partial charge in [-0.1, -0.05) is 12.1 Å². The molecule has 2 N–H and O–H groups in total. The van der Waals surface area contributed by atoms with E-state index in [9.17, 15) is 8.78 Å². The molecule has 2 atom stereocenters. The lowest BCUT2D eigenvalue weighted by atomic mass is 10.1. The van der Waals surface area contributed by atoms with Gasteiger partial charge in [0, 0.05) is 17.1 Å². The van der Waals surface area contributed by atoms with E-state index in [1.165, 1.54) is 17.7 Å². The molecule has 0 spiro atoms. The topological polar surface area (TPSA) is 27.8 Å². The van der Waals surface area contributed by atoms with Crippen molar-refractivity contribution < 1.29 is 8.78 Å². The molecule has 0 amide bonds. The van der Waals surface area contributed by atoms with Crippen LogP contribution in [0.15, 0.2) is 48.7 Å². The van der Waals surface area contributed by atoms with Gasteiger partial charge in [-0.25, -0.2) is 8.78 Å². The quantitative estimate of drug-likeness (QED) is 0.646. The van der Waals surface area contributed by atoms with Crippen LogP contribution in [0.3, 0.4) is 0 Å². The van der Waals surface area contributed by atoms with Gasteiger partial charge in [-0.05, 0) is 79.2 Å². The van der Waals surface area contributed by atoms with E-state index >= 15 is 0 Å². The summed E-state index contributed by atoms with van der Waals surface area (Å²) in [6.07, 6.45) is 3.98. The molecule has 1 saturated carbocycles. The molecule has 4 rings (SSSR count). The Bertz CT molecular complexity index is 856. The summed E-state index contributed by atoms with van der Waals surface area (Å²) in [5.41, 5.74) is 3.24. The van der Waals surface area contributed by atoms with Crippen LogP contribution in [0.1, 0.15) is 23.5 Å². The highest BCUT2D eigenvalue weighted by Crippen LogP contribution is 2.49. The summed E-state index contributed by atoms with van der Waals surface area (Å²) in [5, 5.41) is 4.46. The zero-order chi connectivity index (χ0) is 16.5. The van der Waals surface area contributed by atoms with Crippen molar-refractivity contribution in [3.63, 3.8) is 0 Å². The predicted octanol–water partition coefficient (Wildman–Crippen LogP) is 4.38. The van der Waals surface area contributed by atoms with Crippen molar-refractivity contribution in [1.29, 1.82) is 0 Å². The fourth-order valence-corrected chi connectivity index (χ4v) is 3.49. The minimum Gasteiger partial charge on any atom is -0.361 e. The molecular formula is C20H20F2N2. The highest BCUT2D eigenvalue weighted by atomic mass is 19.1. The Hall–Kier alpha value is -2.20. The number of H-pyrrole nitrogens is 1. The molecule has 2 aromatic carbocycles. The second-order valence-corrected chi connectivity index (χ2v) is 6.62. The van der Waals surface area contributed by atoms with Gasteiger partial charge in [-0.3, -0.25) is 0 Å². The normalized spacial score (nSPS) is 19.8. The van der Waals surface area contributed by atoms with Crippen molar-refractivity contribution in [2.24, 2.45) is 5.92 Å². The average Bonchev–Trinajstić information content (AvgIpc) is 3.21. The standard InChI is InChI=1S/C20H20F2N2/c21-15-3-1-2-13(8-15)6-7-23-11-14-9-17(14)19-12-24-20-5-4-16(22)10-18(19)20/h1-5,8,10,12,14,17,23-24H,6-7,9,11H2. The molecule has 24 heavy (non-hydrogen) atoms. The van der Waals surface area contributed by atoms with Crippen molar-refractivity contribution >= 4 is 10.9 Å². The SMILES string of the molecule is Fc1cccc(CCNCC2CC2c2c[nH]c3ccc(F)cc23)c1. The van der Waals surface area contributed by atoms with E-state index in [2.05, 4.69) is 10.3 Å². The molecular weight excluding hydrogens is 306 g/mol. The molecule has 0 aliphatic heterocycles. The van der Waals surface area contributed by atoms with Crippen LogP contribution in [0.5, 0.6) is 0 Å². The van der Waals surface area contributed by atoms with Gasteiger partial charge in [-0.15, -0.1) is 0 Å². The van der Waals surface area contributed by atoms with Crippen LogP contribution in [0.2, 0.25) is 0 Å². The number of nitrogens with one attached hydrogen (secondary N) is 2. The smallest absolute Gasteiger partial charge is 0.123 e. The van der Waals surface area contributed by atoms with Crippen LogP contribution >= 0.6 is 0 Å². The summed E-state index contributed by atoms with van der Waals surface area (Å²) in [5.74, 6) is 0.733. The third kappa shape index (κ3) is 3.20. The lowest BCUT2D eigenvalue weighted by Gasteiger charge is -2.05. The third-order valence-electron chi connectivity index (χ3n) is 4.88. The maximum Gasteiger partial charge on any atom is 0.123 e. The average molecular weight is 326 g/mol. The van der Waals surface area contributed by atoms with Crippen molar-refractivity contribution in [2.75, 3.05) is 13.1 Å². The summed E-state index contributed by atoms with van der Waals surface area (Å²) in [7, 11) is 0. The lowest BCUT2D eigenvalue weighted by Crippen LogP contribution is -2.20. The Morgan fingerprint density at radius 2 is 1.96 bits per heavy atom. The minimum absolute atomic E-state index is 0.179. The Morgan fingerprint density at radius 1 is 1.08 bits per heavy atom. The molecule has 0 saturated heterocycles. The maximum absolute atomic E-state index is 13.5. The van der Waals surface area contributed by atoms with Crippen molar-refractivity contribution in [1.82, 2.24) is 10.3 Å². The molecule has 1 heterocycles. The van der Waals surface area contributed by atoms with Crippen molar-refractivity contribution in [2.45, 2.75) is 18.8 Å². The van der Waals surface area contributed by atoms with Crippen LogP contribution in [0.25, 0.3) is 10.9 Å². The first-order valence-electron chi connectivity index (χ1n) is 8.42. The number of benzene rings is 2. The number of rotatable bonds is 6. The van der Waals surface area contributed by atoms with Gasteiger partial charge in [-0.2, -0.15) is 0 Å². The predicted molar refractivity (Wildman–Crippen MR) is 92.1 cm³/mol. The fourth-order valence-electron chi connectivity index (χ4n) is 3.49. The molecule has 0 radical (unpaired) electrons. The molecule has 3 aromatic rings. The van der Waals surface area contributed by atoms with Crippen LogP contribution in [0, 0.1) is 17.6 Å². The summed E-state index contributed by atoms with van der Waals surface area (Å²) < 4.78 is 26.6. The van der Waals surface area contributed by atoms with Crippen LogP contribution in [-0.4, -0.2) is 18.1 Å².